The van der Waals surface area contributed by atoms with Gasteiger partial charge >= 0.3 is 0 Å². The maximum atomic E-state index is 8.51. The zero-order valence-corrected chi connectivity index (χ0v) is 26.0. The molecular weight excluding hydrogens is 472 g/mol. The van der Waals surface area contributed by atoms with Gasteiger partial charge in [0.1, 0.15) is 0 Å². The van der Waals surface area contributed by atoms with Crippen molar-refractivity contribution in [1.82, 2.24) is 0 Å². The molecule has 5 N–H and O–H groups in total. The first kappa shape index (κ1) is 45.5. The van der Waals surface area contributed by atoms with Crippen LogP contribution in [0.1, 0.15) is 175 Å². The first-order valence-electron chi connectivity index (χ1n) is 15.1. The summed E-state index contributed by atoms with van der Waals surface area (Å²) >= 11 is 0. The molecule has 0 aliphatic carbocycles. The summed E-state index contributed by atoms with van der Waals surface area (Å²) in [4.78, 5) is 0. The van der Waals surface area contributed by atoms with Crippen LogP contribution in [-0.4, -0.2) is 40.6 Å². The first-order valence-corrected chi connectivity index (χ1v) is 15.1. The molecule has 0 aliphatic rings. The third-order valence-electron chi connectivity index (χ3n) is 6.04. The largest absolute Gasteiger partial charge is 0.412 e. The van der Waals surface area contributed by atoms with Gasteiger partial charge in [-0.2, -0.15) is 0 Å². The molecule has 0 aromatic rings. The van der Waals surface area contributed by atoms with E-state index in [-0.39, 0.29) is 27.2 Å². The fourth-order valence-corrected chi connectivity index (χ4v) is 3.74. The maximum absolute atomic E-state index is 8.51. The summed E-state index contributed by atoms with van der Waals surface area (Å²) < 4.78 is 0. The van der Waals surface area contributed by atoms with Crippen LogP contribution < -0.4 is 0 Å². The van der Waals surface area contributed by atoms with Crippen molar-refractivity contribution in [2.75, 3.05) is 19.8 Å². The van der Waals surface area contributed by atoms with Crippen LogP contribution in [0.4, 0.5) is 0 Å². The van der Waals surface area contributed by atoms with Gasteiger partial charge in [-0.3, -0.25) is 0 Å². The molecule has 5 heteroatoms. The molecule has 0 atom stereocenters. The molecule has 0 aliphatic heterocycles. The first-order chi connectivity index (χ1) is 16.2. The molecule has 0 radical (unpaired) electrons. The van der Waals surface area contributed by atoms with Crippen molar-refractivity contribution in [3.05, 3.63) is 0 Å². The summed E-state index contributed by atoms with van der Waals surface area (Å²) in [5.41, 5.74) is 0. The van der Waals surface area contributed by atoms with E-state index in [1.165, 1.54) is 135 Å². The Balaban J connectivity index is -0.000000125. The summed E-state index contributed by atoms with van der Waals surface area (Å²) in [6, 6.07) is 0. The van der Waals surface area contributed by atoms with E-state index in [0.717, 1.165) is 19.3 Å². The number of rotatable bonds is 24. The minimum Gasteiger partial charge on any atom is -0.412 e. The van der Waals surface area contributed by atoms with Crippen molar-refractivity contribution in [3.63, 3.8) is 0 Å². The average molecular weight is 541 g/mol. The molecule has 0 saturated heterocycles. The van der Waals surface area contributed by atoms with E-state index in [2.05, 4.69) is 20.8 Å². The second-order valence-corrected chi connectivity index (χ2v) is 9.60. The molecule has 35 heavy (non-hydrogen) atoms. The van der Waals surface area contributed by atoms with E-state index in [0.29, 0.717) is 19.8 Å². The predicted octanol–water partition coefficient (Wildman–Crippen LogP) is 8.53. The van der Waals surface area contributed by atoms with Crippen LogP contribution in [0.3, 0.4) is 0 Å². The third kappa shape index (κ3) is 60.7. The van der Waals surface area contributed by atoms with Gasteiger partial charge in [-0.1, -0.05) is 156 Å². The van der Waals surface area contributed by atoms with Gasteiger partial charge in [0, 0.05) is 41.5 Å². The van der Waals surface area contributed by atoms with Crippen LogP contribution in [0.15, 0.2) is 0 Å². The Morgan fingerprint density at radius 2 is 0.429 bits per heavy atom. The Hall–Kier alpha value is 0.554. The van der Waals surface area contributed by atoms with Crippen molar-refractivity contribution in [2.24, 2.45) is 0 Å². The zero-order chi connectivity index (χ0) is 25.1. The van der Waals surface area contributed by atoms with Crippen LogP contribution in [0, 0.1) is 0 Å². The molecule has 0 aromatic heterocycles. The summed E-state index contributed by atoms with van der Waals surface area (Å²) in [5.74, 6) is 0. The second kappa shape index (κ2) is 51.2. The number of unbranched alkanes of at least 4 members (excludes halogenated alkanes) is 21. The zero-order valence-electron chi connectivity index (χ0n) is 24.4. The summed E-state index contributed by atoms with van der Waals surface area (Å²) in [6.45, 7) is 7.84. The minimum atomic E-state index is 0. The summed E-state index contributed by atoms with van der Waals surface area (Å²) in [7, 11) is 0. The normalized spacial score (nSPS) is 9.77. The fourth-order valence-electron chi connectivity index (χ4n) is 3.74. The smallest absolute Gasteiger partial charge is 0.0431 e. The van der Waals surface area contributed by atoms with E-state index in [1.54, 1.807) is 0 Å². The van der Waals surface area contributed by atoms with Crippen molar-refractivity contribution in [1.29, 1.82) is 0 Å². The molecule has 0 saturated carbocycles. The SMILES string of the molecule is CCCCCCCCCCO.CCCCCCCCCCO.CCCCCCCCCCO.O.[Ti]. The summed E-state index contributed by atoms with van der Waals surface area (Å²) in [6.07, 6.45) is 31.1. The Morgan fingerprint density at radius 3 is 0.571 bits per heavy atom. The van der Waals surface area contributed by atoms with Gasteiger partial charge in [-0.05, 0) is 19.3 Å². The molecule has 4 nitrogen and oxygen atoms in total. The molecule has 0 bridgehead atoms. The Kier molecular flexibility index (Phi) is 66.6. The van der Waals surface area contributed by atoms with Gasteiger partial charge in [0.25, 0.3) is 0 Å². The quantitative estimate of drug-likeness (QED) is 0.0846. The van der Waals surface area contributed by atoms with Crippen LogP contribution in [0.2, 0.25) is 0 Å². The molecule has 0 spiro atoms. The predicted molar refractivity (Wildman–Crippen MR) is 153 cm³/mol. The average Bonchev–Trinajstić information content (AvgIpc) is 2.83. The fraction of sp³-hybridized carbons (Fsp3) is 1.00. The van der Waals surface area contributed by atoms with Crippen LogP contribution >= 0.6 is 0 Å². The van der Waals surface area contributed by atoms with Gasteiger partial charge in [0.15, 0.2) is 0 Å². The Labute approximate surface area is 236 Å². The number of hydrogen-bond acceptors (Lipinski definition) is 3. The number of hydrogen-bond donors (Lipinski definition) is 3. The van der Waals surface area contributed by atoms with Crippen LogP contribution in [-0.2, 0) is 21.7 Å². The van der Waals surface area contributed by atoms with Crippen molar-refractivity contribution < 1.29 is 42.5 Å². The Bertz CT molecular complexity index is 214. The molecular formula is C30H68O4Ti. The molecule has 0 aromatic carbocycles. The maximum Gasteiger partial charge on any atom is 0.0431 e. The van der Waals surface area contributed by atoms with Gasteiger partial charge in [0.05, 0.1) is 0 Å². The standard InChI is InChI=1S/3C10H22O.H2O.Ti/c3*1-2-3-4-5-6-7-8-9-10-11;;/h3*11H,2-10H2,1H3;1H2;. The minimum absolute atomic E-state index is 0. The second-order valence-electron chi connectivity index (χ2n) is 9.60. The third-order valence-corrected chi connectivity index (χ3v) is 6.04. The van der Waals surface area contributed by atoms with Crippen molar-refractivity contribution in [2.45, 2.75) is 175 Å². The van der Waals surface area contributed by atoms with Gasteiger partial charge < -0.3 is 20.8 Å². The van der Waals surface area contributed by atoms with E-state index in [9.17, 15) is 0 Å². The molecule has 216 valence electrons. The van der Waals surface area contributed by atoms with Crippen LogP contribution in [0.5, 0.6) is 0 Å². The summed E-state index contributed by atoms with van der Waals surface area (Å²) in [5, 5.41) is 25.5. The van der Waals surface area contributed by atoms with E-state index < -0.39 is 0 Å². The van der Waals surface area contributed by atoms with E-state index in [4.69, 9.17) is 15.3 Å². The van der Waals surface area contributed by atoms with E-state index >= 15 is 0 Å². The monoisotopic (exact) mass is 540 g/mol. The molecule has 0 fully saturated rings. The van der Waals surface area contributed by atoms with Gasteiger partial charge in [0.2, 0.25) is 0 Å². The molecule has 0 amide bonds. The topological polar surface area (TPSA) is 92.2 Å². The number of aliphatic hydroxyl groups is 3. The van der Waals surface area contributed by atoms with E-state index in [1.807, 2.05) is 0 Å². The molecule has 0 heterocycles. The number of aliphatic hydroxyl groups excluding tert-OH is 3. The van der Waals surface area contributed by atoms with Crippen LogP contribution in [0.25, 0.3) is 0 Å². The van der Waals surface area contributed by atoms with Crippen molar-refractivity contribution >= 4 is 0 Å². The van der Waals surface area contributed by atoms with Gasteiger partial charge in [-0.15, -0.1) is 0 Å². The molecule has 0 rings (SSSR count). The molecule has 0 unspecified atom stereocenters. The Morgan fingerprint density at radius 1 is 0.286 bits per heavy atom. The van der Waals surface area contributed by atoms with Gasteiger partial charge in [-0.25, -0.2) is 0 Å². The van der Waals surface area contributed by atoms with Crippen molar-refractivity contribution in [3.8, 4) is 0 Å².